The zero-order valence-electron chi connectivity index (χ0n) is 14.2. The largest absolute Gasteiger partial charge is 0.396 e. The molecule has 2 atom stereocenters. The van der Waals surface area contributed by atoms with Crippen molar-refractivity contribution >= 4 is 37.1 Å². The molecule has 0 spiro atoms. The second kappa shape index (κ2) is 8.15. The molecule has 7 nitrogen and oxygen atoms in total. The summed E-state index contributed by atoms with van der Waals surface area (Å²) in [5.74, 6) is -0.231. The maximum atomic E-state index is 11.7. The van der Waals surface area contributed by atoms with Crippen LogP contribution in [0.2, 0.25) is 0 Å². The molecule has 9 heteroatoms. The molecule has 0 unspecified atom stereocenters. The lowest BCUT2D eigenvalue weighted by atomic mass is 9.94. The summed E-state index contributed by atoms with van der Waals surface area (Å²) in [5.41, 5.74) is 0.701. The van der Waals surface area contributed by atoms with Gasteiger partial charge in [-0.2, -0.15) is 0 Å². The molecule has 0 aromatic heterocycles. The first-order valence-electron chi connectivity index (χ1n) is 7.75. The van der Waals surface area contributed by atoms with Crippen molar-refractivity contribution in [3.05, 3.63) is 62.6 Å². The number of hydrogen-bond acceptors (Lipinski definition) is 6. The van der Waals surface area contributed by atoms with Crippen molar-refractivity contribution < 1.29 is 18.4 Å². The van der Waals surface area contributed by atoms with E-state index in [0.717, 1.165) is 22.4 Å². The summed E-state index contributed by atoms with van der Waals surface area (Å²) in [5, 5.41) is 24.1. The Morgan fingerprint density at radius 2 is 1.85 bits per heavy atom. The molecular formula is C17H19BrN2O5S. The predicted molar refractivity (Wildman–Crippen MR) is 103 cm³/mol. The smallest absolute Gasteiger partial charge is 0.293 e. The molecule has 26 heavy (non-hydrogen) atoms. The normalized spacial score (nSPS) is 13.8. The van der Waals surface area contributed by atoms with Gasteiger partial charge < -0.3 is 10.4 Å². The topological polar surface area (TPSA) is 110 Å². The number of halogens is 1. The highest BCUT2D eigenvalue weighted by Crippen LogP contribution is 2.33. The quantitative estimate of drug-likeness (QED) is 0.501. The Balaban J connectivity index is 2.47. The Bertz CT molecular complexity index is 900. The molecule has 0 saturated heterocycles. The molecule has 2 rings (SSSR count). The van der Waals surface area contributed by atoms with Crippen LogP contribution in [0.1, 0.15) is 18.5 Å². The minimum absolute atomic E-state index is 0.120. The number of anilines is 1. The first kappa shape index (κ1) is 20.3. The molecule has 2 aromatic carbocycles. The van der Waals surface area contributed by atoms with Gasteiger partial charge in [-0.1, -0.05) is 35.0 Å². The molecule has 0 radical (unpaired) electrons. The van der Waals surface area contributed by atoms with Crippen molar-refractivity contribution in [1.82, 2.24) is 0 Å². The van der Waals surface area contributed by atoms with Crippen LogP contribution in [0.25, 0.3) is 0 Å². The molecule has 0 heterocycles. The van der Waals surface area contributed by atoms with E-state index in [-0.39, 0.29) is 28.8 Å². The number of nitro benzene ring substituents is 1. The van der Waals surface area contributed by atoms with Crippen LogP contribution in [0.4, 0.5) is 11.4 Å². The van der Waals surface area contributed by atoms with E-state index in [2.05, 4.69) is 21.2 Å². The molecule has 0 amide bonds. The van der Waals surface area contributed by atoms with E-state index < -0.39 is 20.8 Å². The zero-order valence-corrected chi connectivity index (χ0v) is 16.6. The van der Waals surface area contributed by atoms with Crippen LogP contribution in [0.15, 0.2) is 51.8 Å². The van der Waals surface area contributed by atoms with Gasteiger partial charge in [0.25, 0.3) is 5.69 Å². The van der Waals surface area contributed by atoms with Crippen molar-refractivity contribution in [2.45, 2.75) is 17.9 Å². The number of nitrogens with one attached hydrogen (secondary N) is 1. The number of nitrogens with zero attached hydrogens (tertiary/aromatic N) is 1. The highest BCUT2D eigenvalue weighted by atomic mass is 79.9. The van der Waals surface area contributed by atoms with Gasteiger partial charge in [-0.3, -0.25) is 10.1 Å². The molecule has 0 aliphatic rings. The summed E-state index contributed by atoms with van der Waals surface area (Å²) in [7, 11) is -3.56. The van der Waals surface area contributed by atoms with Gasteiger partial charge >= 0.3 is 0 Å². The lowest BCUT2D eigenvalue weighted by molar-refractivity contribution is -0.384. The van der Waals surface area contributed by atoms with E-state index in [1.807, 2.05) is 31.2 Å². The highest BCUT2D eigenvalue weighted by molar-refractivity contribution is 9.10. The fourth-order valence-electron chi connectivity index (χ4n) is 2.51. The van der Waals surface area contributed by atoms with Crippen LogP contribution in [0.3, 0.4) is 0 Å². The van der Waals surface area contributed by atoms with Gasteiger partial charge in [0.2, 0.25) is 0 Å². The summed E-state index contributed by atoms with van der Waals surface area (Å²) in [4.78, 5) is 10.7. The van der Waals surface area contributed by atoms with Gasteiger partial charge in [0, 0.05) is 29.3 Å². The third-order valence-corrected chi connectivity index (χ3v) is 5.63. The van der Waals surface area contributed by atoms with Crippen LogP contribution in [-0.4, -0.2) is 31.3 Å². The van der Waals surface area contributed by atoms with Gasteiger partial charge in [-0.05, 0) is 29.8 Å². The Kier molecular flexibility index (Phi) is 6.38. The van der Waals surface area contributed by atoms with Crippen molar-refractivity contribution in [3.63, 3.8) is 0 Å². The number of aliphatic hydroxyl groups excluding tert-OH is 1. The summed E-state index contributed by atoms with van der Waals surface area (Å²) in [6.45, 7) is 1.69. The fraction of sp³-hybridized carbons (Fsp3) is 0.294. The van der Waals surface area contributed by atoms with Crippen molar-refractivity contribution in [2.24, 2.45) is 5.92 Å². The molecule has 0 saturated carbocycles. The summed E-state index contributed by atoms with van der Waals surface area (Å²) in [6, 6.07) is 10.7. The maximum absolute atomic E-state index is 11.7. The Morgan fingerprint density at radius 3 is 2.35 bits per heavy atom. The third-order valence-electron chi connectivity index (χ3n) is 3.99. The summed E-state index contributed by atoms with van der Waals surface area (Å²) >= 11 is 3.36. The number of sulfone groups is 1. The van der Waals surface area contributed by atoms with Crippen molar-refractivity contribution in [3.8, 4) is 0 Å². The molecule has 140 valence electrons. The minimum atomic E-state index is -3.56. The number of hydrogen-bond donors (Lipinski definition) is 2. The number of benzene rings is 2. The standard InChI is InChI=1S/C17H19BrN2O5S/c1-11(10-21)17(12-3-5-13(18)6-4-12)19-15-8-7-14(26(2,24)25)9-16(15)20(22)23/h3-9,11,17,19,21H,10H2,1-2H3/t11-,17+/m0/s1. The van der Waals surface area contributed by atoms with Gasteiger partial charge in [-0.25, -0.2) is 8.42 Å². The lowest BCUT2D eigenvalue weighted by Crippen LogP contribution is -2.22. The highest BCUT2D eigenvalue weighted by Gasteiger charge is 2.24. The second-order valence-electron chi connectivity index (χ2n) is 6.04. The predicted octanol–water partition coefficient (Wildman–Crippen LogP) is 3.54. The van der Waals surface area contributed by atoms with E-state index in [1.165, 1.54) is 12.1 Å². The fourth-order valence-corrected chi connectivity index (χ4v) is 3.42. The molecular weight excluding hydrogens is 424 g/mol. The third kappa shape index (κ3) is 4.80. The Labute approximate surface area is 160 Å². The molecule has 0 bridgehead atoms. The summed E-state index contributed by atoms with van der Waals surface area (Å²) in [6.07, 6.45) is 0.998. The van der Waals surface area contributed by atoms with Crippen molar-refractivity contribution in [1.29, 1.82) is 0 Å². The van der Waals surface area contributed by atoms with E-state index in [9.17, 15) is 23.6 Å². The first-order chi connectivity index (χ1) is 12.1. The van der Waals surface area contributed by atoms with Gasteiger partial charge in [-0.15, -0.1) is 0 Å². The lowest BCUT2D eigenvalue weighted by Gasteiger charge is -2.25. The average Bonchev–Trinajstić information content (AvgIpc) is 2.59. The Morgan fingerprint density at radius 1 is 1.23 bits per heavy atom. The SMILES string of the molecule is C[C@@H](CO)[C@@H](Nc1ccc(S(C)(=O)=O)cc1[N+](=O)[O-])c1ccc(Br)cc1. The molecule has 0 aliphatic heterocycles. The molecule has 2 aromatic rings. The van der Waals surface area contributed by atoms with Crippen molar-refractivity contribution in [2.75, 3.05) is 18.2 Å². The van der Waals surface area contributed by atoms with Crippen LogP contribution < -0.4 is 5.32 Å². The van der Waals surface area contributed by atoms with Crippen LogP contribution in [0, 0.1) is 16.0 Å². The monoisotopic (exact) mass is 442 g/mol. The van der Waals surface area contributed by atoms with E-state index >= 15 is 0 Å². The average molecular weight is 443 g/mol. The van der Waals surface area contributed by atoms with Gasteiger partial charge in [0.15, 0.2) is 9.84 Å². The zero-order chi connectivity index (χ0) is 19.5. The Hall–Kier alpha value is -1.97. The van der Waals surface area contributed by atoms with Crippen LogP contribution >= 0.6 is 15.9 Å². The minimum Gasteiger partial charge on any atom is -0.396 e. The van der Waals surface area contributed by atoms with Gasteiger partial charge in [0.05, 0.1) is 15.9 Å². The van der Waals surface area contributed by atoms with E-state index in [4.69, 9.17) is 0 Å². The number of aliphatic hydroxyl groups is 1. The number of rotatable bonds is 7. The molecule has 0 fully saturated rings. The molecule has 0 aliphatic carbocycles. The van der Waals surface area contributed by atoms with Crippen LogP contribution in [0.5, 0.6) is 0 Å². The maximum Gasteiger partial charge on any atom is 0.293 e. The van der Waals surface area contributed by atoms with E-state index in [0.29, 0.717) is 0 Å². The number of nitro groups is 1. The molecule has 2 N–H and O–H groups in total. The second-order valence-corrected chi connectivity index (χ2v) is 8.97. The first-order valence-corrected chi connectivity index (χ1v) is 10.4. The van der Waals surface area contributed by atoms with E-state index in [1.54, 1.807) is 0 Å². The summed E-state index contributed by atoms with van der Waals surface area (Å²) < 4.78 is 24.2. The van der Waals surface area contributed by atoms with Crippen LogP contribution in [-0.2, 0) is 9.84 Å². The van der Waals surface area contributed by atoms with Gasteiger partial charge in [0.1, 0.15) is 5.69 Å².